The third-order valence-corrected chi connectivity index (χ3v) is 6.06. The molecule has 2 saturated heterocycles. The minimum absolute atomic E-state index is 0.00746. The molecule has 2 aliphatic heterocycles. The Labute approximate surface area is 199 Å². The van der Waals surface area contributed by atoms with Crippen LogP contribution in [-0.4, -0.2) is 59.7 Å². The summed E-state index contributed by atoms with van der Waals surface area (Å²) in [6.07, 6.45) is 1.18. The molecular formula is C26H32N2O6. The molecule has 2 aliphatic rings. The van der Waals surface area contributed by atoms with Crippen LogP contribution in [0.3, 0.4) is 0 Å². The highest BCUT2D eigenvalue weighted by atomic mass is 16.7. The molecule has 0 unspecified atom stereocenters. The molecule has 1 amide bonds. The Morgan fingerprint density at radius 2 is 2.03 bits per heavy atom. The van der Waals surface area contributed by atoms with E-state index in [0.29, 0.717) is 25.2 Å². The summed E-state index contributed by atoms with van der Waals surface area (Å²) in [7, 11) is 0. The SMILES string of the molecule is C=CCOC(=O)Nc1cccc([C@@H]2O[C@H](CN3CC[C@H](O)C3)C[C@H](c3ccc(CO)cc3)O2)c1. The van der Waals surface area contributed by atoms with Gasteiger partial charge in [0, 0.05) is 37.3 Å². The summed E-state index contributed by atoms with van der Waals surface area (Å²) >= 11 is 0. The van der Waals surface area contributed by atoms with Crippen molar-refractivity contribution in [3.8, 4) is 0 Å². The Bertz CT molecular complexity index is 966. The van der Waals surface area contributed by atoms with Crippen LogP contribution in [0, 0.1) is 0 Å². The maximum absolute atomic E-state index is 11.9. The molecule has 2 aromatic carbocycles. The molecule has 4 rings (SSSR count). The maximum Gasteiger partial charge on any atom is 0.411 e. The van der Waals surface area contributed by atoms with Gasteiger partial charge in [0.25, 0.3) is 0 Å². The Kier molecular flexibility index (Phi) is 8.31. The first-order valence-corrected chi connectivity index (χ1v) is 11.6. The highest BCUT2D eigenvalue weighted by molar-refractivity contribution is 5.84. The monoisotopic (exact) mass is 468 g/mol. The quantitative estimate of drug-likeness (QED) is 0.510. The average molecular weight is 469 g/mol. The molecule has 8 heteroatoms. The lowest BCUT2D eigenvalue weighted by molar-refractivity contribution is -0.252. The number of anilines is 1. The van der Waals surface area contributed by atoms with Gasteiger partial charge >= 0.3 is 6.09 Å². The molecule has 0 radical (unpaired) electrons. The predicted molar refractivity (Wildman–Crippen MR) is 127 cm³/mol. The molecule has 182 valence electrons. The van der Waals surface area contributed by atoms with Crippen molar-refractivity contribution in [2.45, 2.75) is 44.1 Å². The van der Waals surface area contributed by atoms with Crippen LogP contribution in [0.1, 0.15) is 41.9 Å². The van der Waals surface area contributed by atoms with Gasteiger partial charge in [-0.2, -0.15) is 0 Å². The summed E-state index contributed by atoms with van der Waals surface area (Å²) in [5, 5.41) is 22.0. The van der Waals surface area contributed by atoms with E-state index in [4.69, 9.17) is 14.2 Å². The summed E-state index contributed by atoms with van der Waals surface area (Å²) in [6, 6.07) is 15.1. The maximum atomic E-state index is 11.9. The van der Waals surface area contributed by atoms with E-state index in [-0.39, 0.29) is 31.5 Å². The van der Waals surface area contributed by atoms with E-state index < -0.39 is 12.4 Å². The van der Waals surface area contributed by atoms with Crippen molar-refractivity contribution in [3.63, 3.8) is 0 Å². The zero-order chi connectivity index (χ0) is 23.9. The smallest absolute Gasteiger partial charge is 0.411 e. The lowest BCUT2D eigenvalue weighted by Gasteiger charge is -2.38. The van der Waals surface area contributed by atoms with E-state index >= 15 is 0 Å². The average Bonchev–Trinajstić information content (AvgIpc) is 3.27. The number of amides is 1. The number of hydrogen-bond acceptors (Lipinski definition) is 7. The van der Waals surface area contributed by atoms with Crippen molar-refractivity contribution >= 4 is 11.8 Å². The van der Waals surface area contributed by atoms with Gasteiger partial charge in [-0.15, -0.1) is 0 Å². The van der Waals surface area contributed by atoms with Gasteiger partial charge in [0.2, 0.25) is 0 Å². The number of carbonyl (C=O) groups is 1. The van der Waals surface area contributed by atoms with Gasteiger partial charge in [-0.3, -0.25) is 10.2 Å². The van der Waals surface area contributed by atoms with Crippen LogP contribution in [0.2, 0.25) is 0 Å². The number of carbonyl (C=O) groups excluding carboxylic acids is 1. The van der Waals surface area contributed by atoms with E-state index in [1.807, 2.05) is 42.5 Å². The Hall–Kier alpha value is -2.75. The molecule has 0 spiro atoms. The second-order valence-corrected chi connectivity index (χ2v) is 8.69. The molecule has 8 nitrogen and oxygen atoms in total. The van der Waals surface area contributed by atoms with Gasteiger partial charge in [-0.1, -0.05) is 49.1 Å². The van der Waals surface area contributed by atoms with E-state index in [1.54, 1.807) is 6.07 Å². The topological polar surface area (TPSA) is 100 Å². The van der Waals surface area contributed by atoms with E-state index in [0.717, 1.165) is 29.7 Å². The van der Waals surface area contributed by atoms with Gasteiger partial charge in [0.15, 0.2) is 6.29 Å². The number of aliphatic hydroxyl groups excluding tert-OH is 2. The number of nitrogens with zero attached hydrogens (tertiary/aromatic N) is 1. The largest absolute Gasteiger partial charge is 0.445 e. The summed E-state index contributed by atoms with van der Waals surface area (Å²) in [4.78, 5) is 14.2. The molecule has 0 aliphatic carbocycles. The molecule has 0 aromatic heterocycles. The van der Waals surface area contributed by atoms with Crippen molar-refractivity contribution in [2.75, 3.05) is 31.6 Å². The molecular weight excluding hydrogens is 436 g/mol. The van der Waals surface area contributed by atoms with Crippen LogP contribution in [0.15, 0.2) is 61.2 Å². The second kappa shape index (κ2) is 11.6. The van der Waals surface area contributed by atoms with E-state index in [1.165, 1.54) is 6.08 Å². The van der Waals surface area contributed by atoms with Crippen molar-refractivity contribution in [3.05, 3.63) is 77.9 Å². The highest BCUT2D eigenvalue weighted by Crippen LogP contribution is 2.38. The molecule has 4 atom stereocenters. The number of ether oxygens (including phenoxy) is 3. The normalized spacial score (nSPS) is 25.1. The fourth-order valence-corrected chi connectivity index (χ4v) is 4.35. The van der Waals surface area contributed by atoms with Gasteiger partial charge in [-0.25, -0.2) is 4.79 Å². The minimum atomic E-state index is -0.625. The summed E-state index contributed by atoms with van der Waals surface area (Å²) in [6.45, 7) is 5.85. The Morgan fingerprint density at radius 1 is 1.21 bits per heavy atom. The fraction of sp³-hybridized carbons (Fsp3) is 0.423. The first kappa shape index (κ1) is 24.4. The van der Waals surface area contributed by atoms with Gasteiger partial charge < -0.3 is 24.4 Å². The third kappa shape index (κ3) is 6.43. The molecule has 0 bridgehead atoms. The van der Waals surface area contributed by atoms with Crippen molar-refractivity contribution in [2.24, 2.45) is 0 Å². The molecule has 0 saturated carbocycles. The summed E-state index contributed by atoms with van der Waals surface area (Å²) in [5.41, 5.74) is 3.22. The van der Waals surface area contributed by atoms with Crippen molar-refractivity contribution < 1.29 is 29.2 Å². The summed E-state index contributed by atoms with van der Waals surface area (Å²) < 4.78 is 17.7. The van der Waals surface area contributed by atoms with Crippen LogP contribution < -0.4 is 5.32 Å². The Morgan fingerprint density at radius 3 is 2.74 bits per heavy atom. The van der Waals surface area contributed by atoms with Crippen LogP contribution in [0.4, 0.5) is 10.5 Å². The van der Waals surface area contributed by atoms with Gasteiger partial charge in [0.1, 0.15) is 6.61 Å². The van der Waals surface area contributed by atoms with E-state index in [2.05, 4.69) is 16.8 Å². The number of hydrogen-bond donors (Lipinski definition) is 3. The van der Waals surface area contributed by atoms with Crippen LogP contribution >= 0.6 is 0 Å². The molecule has 3 N–H and O–H groups in total. The predicted octanol–water partition coefficient (Wildman–Crippen LogP) is 3.53. The number of benzene rings is 2. The number of β-amino-alcohol motifs (C(OH)–C–C–N with tert-alkyl or cyclic N) is 1. The first-order valence-electron chi connectivity index (χ1n) is 11.6. The fourth-order valence-electron chi connectivity index (χ4n) is 4.35. The van der Waals surface area contributed by atoms with Crippen LogP contribution in [0.25, 0.3) is 0 Å². The van der Waals surface area contributed by atoms with Gasteiger partial charge in [-0.05, 0) is 29.7 Å². The number of nitrogens with one attached hydrogen (secondary N) is 1. The van der Waals surface area contributed by atoms with E-state index in [9.17, 15) is 15.0 Å². The number of likely N-dealkylation sites (tertiary alicyclic amines) is 1. The zero-order valence-corrected chi connectivity index (χ0v) is 19.1. The van der Waals surface area contributed by atoms with Crippen LogP contribution in [0.5, 0.6) is 0 Å². The number of aliphatic hydroxyl groups is 2. The molecule has 2 fully saturated rings. The zero-order valence-electron chi connectivity index (χ0n) is 19.1. The van der Waals surface area contributed by atoms with Crippen molar-refractivity contribution in [1.82, 2.24) is 4.90 Å². The first-order chi connectivity index (χ1) is 16.5. The molecule has 2 aromatic rings. The minimum Gasteiger partial charge on any atom is -0.445 e. The third-order valence-electron chi connectivity index (χ3n) is 6.06. The molecule has 2 heterocycles. The Balaban J connectivity index is 1.51. The summed E-state index contributed by atoms with van der Waals surface area (Å²) in [5.74, 6) is 0. The van der Waals surface area contributed by atoms with Crippen molar-refractivity contribution in [1.29, 1.82) is 0 Å². The molecule has 34 heavy (non-hydrogen) atoms. The lowest BCUT2D eigenvalue weighted by atomic mass is 9.99. The standard InChI is InChI=1S/C26H32N2O6/c1-2-12-32-26(31)27-21-5-3-4-20(13-21)25-33-23(16-28-11-10-22(30)15-28)14-24(34-25)19-8-6-18(17-29)7-9-19/h2-9,13,22-25,29-30H,1,10-12,14-17H2,(H,27,31)/t22-,23-,24+,25+/m0/s1. The number of rotatable bonds is 8. The lowest BCUT2D eigenvalue weighted by Crippen LogP contribution is -2.38. The van der Waals surface area contributed by atoms with Gasteiger partial charge in [0.05, 0.1) is 24.9 Å². The van der Waals surface area contributed by atoms with Crippen LogP contribution in [-0.2, 0) is 20.8 Å². The second-order valence-electron chi connectivity index (χ2n) is 8.69. The highest BCUT2D eigenvalue weighted by Gasteiger charge is 2.34.